The molecule has 5 atom stereocenters. The molecule has 0 aliphatic carbocycles. The Labute approximate surface area is 157 Å². The first kappa shape index (κ1) is 19.1. The monoisotopic (exact) mass is 628 g/mol. The molecule has 5 heteroatoms. The van der Waals surface area contributed by atoms with Gasteiger partial charge in [-0.1, -0.05) is 20.8 Å². The van der Waals surface area contributed by atoms with Crippen molar-refractivity contribution in [2.75, 3.05) is 6.61 Å². The van der Waals surface area contributed by atoms with E-state index in [1.165, 1.54) is 0 Å². The van der Waals surface area contributed by atoms with Crippen LogP contribution < -0.4 is 0 Å². The molecule has 0 spiro atoms. The first-order valence-electron chi connectivity index (χ1n) is 4.52. The normalized spacial score (nSPS) is 42.2. The summed E-state index contributed by atoms with van der Waals surface area (Å²) in [6.45, 7) is 6.10. The van der Waals surface area contributed by atoms with Crippen molar-refractivity contribution in [3.05, 3.63) is 0 Å². The third kappa shape index (κ3) is 4.56. The fourth-order valence-corrected chi connectivity index (χ4v) is 1.71. The molecule has 3 nitrogen and oxygen atoms in total. The SMILES string of the molecule is CC1C(O)OC(CO)[C@@H](C)C1C.[Ac].[Ac]. The van der Waals surface area contributed by atoms with Crippen LogP contribution in [0, 0.1) is 106 Å². The van der Waals surface area contributed by atoms with Gasteiger partial charge in [0.05, 0.1) is 12.7 Å². The van der Waals surface area contributed by atoms with Crippen LogP contribution in [0.25, 0.3) is 0 Å². The summed E-state index contributed by atoms with van der Waals surface area (Å²) in [5.74, 6) is 0.863. The zero-order valence-electron chi connectivity index (χ0n) is 9.05. The van der Waals surface area contributed by atoms with Gasteiger partial charge in [0.25, 0.3) is 0 Å². The molecule has 0 amide bonds. The van der Waals surface area contributed by atoms with Crippen LogP contribution >= 0.6 is 0 Å². The smallest absolute Gasteiger partial charge is 0.157 e. The molecule has 2 N–H and O–H groups in total. The maximum absolute atomic E-state index is 9.43. The van der Waals surface area contributed by atoms with E-state index in [2.05, 4.69) is 6.92 Å². The molecule has 14 heavy (non-hydrogen) atoms. The molecule has 1 rings (SSSR count). The predicted molar refractivity (Wildman–Crippen MR) is 45.5 cm³/mol. The van der Waals surface area contributed by atoms with E-state index in [1.807, 2.05) is 13.8 Å². The molecule has 1 saturated heterocycles. The minimum atomic E-state index is -0.714. The van der Waals surface area contributed by atoms with Gasteiger partial charge < -0.3 is 14.9 Å². The molecular weight excluding hydrogens is 610 g/mol. The maximum atomic E-state index is 9.43. The second-order valence-corrected chi connectivity index (χ2v) is 3.83. The zero-order chi connectivity index (χ0) is 9.30. The van der Waals surface area contributed by atoms with Crippen LogP contribution in [0.3, 0.4) is 0 Å². The first-order valence-corrected chi connectivity index (χ1v) is 4.52. The number of hydrogen-bond acceptors (Lipinski definition) is 3. The summed E-state index contributed by atoms with van der Waals surface area (Å²) in [6, 6.07) is 0. The molecule has 0 aromatic carbocycles. The minimum Gasteiger partial charge on any atom is -0.394 e. The van der Waals surface area contributed by atoms with Gasteiger partial charge in [-0.3, -0.25) is 0 Å². The van der Waals surface area contributed by atoms with Crippen molar-refractivity contribution in [3.63, 3.8) is 0 Å². The average molecular weight is 628 g/mol. The minimum absolute atomic E-state index is 0. The van der Waals surface area contributed by atoms with Crippen LogP contribution in [0.4, 0.5) is 0 Å². The number of hydrogen-bond donors (Lipinski definition) is 2. The molecule has 1 aliphatic heterocycles. The van der Waals surface area contributed by atoms with Gasteiger partial charge in [-0.2, -0.15) is 0 Å². The van der Waals surface area contributed by atoms with Crippen molar-refractivity contribution in [1.82, 2.24) is 0 Å². The predicted octanol–water partition coefficient (Wildman–Crippen LogP) is 0.604. The third-order valence-corrected chi connectivity index (χ3v) is 3.19. The fraction of sp³-hybridized carbons (Fsp3) is 1.00. The van der Waals surface area contributed by atoms with Crippen molar-refractivity contribution < 1.29 is 103 Å². The standard InChI is InChI=1S/C9H18O3.2Ac/c1-5-6(2)8(4-10)12-9(11)7(5)3;;/h5-11H,4H2,1-3H3;;/t5?,6-,7?,8?,9?;;/m0../s1. The average Bonchev–Trinajstić information content (AvgIpc) is 2.08. The van der Waals surface area contributed by atoms with Crippen LogP contribution in [0.5, 0.6) is 0 Å². The molecule has 4 unspecified atom stereocenters. The second-order valence-electron chi connectivity index (χ2n) is 3.83. The van der Waals surface area contributed by atoms with Gasteiger partial charge in [0, 0.05) is 94.0 Å². The van der Waals surface area contributed by atoms with E-state index >= 15 is 0 Å². The van der Waals surface area contributed by atoms with Gasteiger partial charge in [0.15, 0.2) is 6.29 Å². The van der Waals surface area contributed by atoms with E-state index < -0.39 is 6.29 Å². The Morgan fingerprint density at radius 3 is 1.93 bits per heavy atom. The summed E-state index contributed by atoms with van der Waals surface area (Å²) in [5, 5.41) is 18.4. The van der Waals surface area contributed by atoms with Gasteiger partial charge in [-0.25, -0.2) is 0 Å². The van der Waals surface area contributed by atoms with E-state index in [0.717, 1.165) is 0 Å². The molecule has 78 valence electrons. The van der Waals surface area contributed by atoms with Crippen LogP contribution in [0.1, 0.15) is 20.8 Å². The van der Waals surface area contributed by atoms with E-state index in [9.17, 15) is 5.11 Å². The van der Waals surface area contributed by atoms with Gasteiger partial charge in [-0.05, 0) is 11.8 Å². The Morgan fingerprint density at radius 1 is 1.00 bits per heavy atom. The number of rotatable bonds is 1. The summed E-state index contributed by atoms with van der Waals surface area (Å²) >= 11 is 0. The molecule has 0 aromatic rings. The summed E-state index contributed by atoms with van der Waals surface area (Å²) < 4.78 is 5.24. The van der Waals surface area contributed by atoms with Crippen LogP contribution in [-0.4, -0.2) is 29.2 Å². The molecule has 0 saturated carbocycles. The number of aliphatic hydroxyl groups is 2. The largest absolute Gasteiger partial charge is 0.394 e. The Balaban J connectivity index is 0. The van der Waals surface area contributed by atoms with E-state index in [-0.39, 0.29) is 107 Å². The van der Waals surface area contributed by atoms with Crippen molar-refractivity contribution in [2.45, 2.75) is 33.2 Å². The Hall–Kier alpha value is 2.76. The van der Waals surface area contributed by atoms with E-state index in [1.54, 1.807) is 0 Å². The first-order chi connectivity index (χ1) is 5.57. The van der Waals surface area contributed by atoms with Gasteiger partial charge in [-0.15, -0.1) is 0 Å². The Bertz CT molecular complexity index is 152. The second kappa shape index (κ2) is 8.80. The van der Waals surface area contributed by atoms with Gasteiger partial charge >= 0.3 is 0 Å². The molecule has 2 radical (unpaired) electrons. The molecule has 0 bridgehead atoms. The van der Waals surface area contributed by atoms with E-state index in [4.69, 9.17) is 9.84 Å². The maximum Gasteiger partial charge on any atom is 0.157 e. The topological polar surface area (TPSA) is 49.7 Å². The van der Waals surface area contributed by atoms with E-state index in [0.29, 0.717) is 11.8 Å². The van der Waals surface area contributed by atoms with Crippen LogP contribution in [0.2, 0.25) is 0 Å². The molecule has 1 heterocycles. The van der Waals surface area contributed by atoms with Crippen molar-refractivity contribution >= 4 is 0 Å². The summed E-state index contributed by atoms with van der Waals surface area (Å²) in [7, 11) is 0. The summed E-state index contributed by atoms with van der Waals surface area (Å²) in [6.07, 6.45) is -0.917. The van der Waals surface area contributed by atoms with Crippen molar-refractivity contribution in [3.8, 4) is 0 Å². The number of aliphatic hydroxyl groups excluding tert-OH is 2. The molecule has 1 aliphatic rings. The quantitative estimate of drug-likeness (QED) is 0.448. The van der Waals surface area contributed by atoms with Crippen molar-refractivity contribution in [1.29, 1.82) is 0 Å². The van der Waals surface area contributed by atoms with Crippen LogP contribution in [0.15, 0.2) is 0 Å². The summed E-state index contributed by atoms with van der Waals surface area (Å²) in [5.41, 5.74) is 0. The third-order valence-electron chi connectivity index (χ3n) is 3.19. The molecule has 1 fully saturated rings. The fourth-order valence-electron chi connectivity index (χ4n) is 1.71. The molecular formula is C9H18Ac2O3. The molecule has 0 aromatic heterocycles. The van der Waals surface area contributed by atoms with Gasteiger partial charge in [0.2, 0.25) is 0 Å². The Morgan fingerprint density at radius 2 is 1.50 bits per heavy atom. The Kier molecular flexibility index (Phi) is 12.0. The summed E-state index contributed by atoms with van der Waals surface area (Å²) in [4.78, 5) is 0. The zero-order valence-corrected chi connectivity index (χ0v) is 18.5. The van der Waals surface area contributed by atoms with Crippen LogP contribution in [-0.2, 0) is 4.74 Å². The number of ether oxygens (including phenoxy) is 1. The van der Waals surface area contributed by atoms with Gasteiger partial charge in [0.1, 0.15) is 0 Å². The van der Waals surface area contributed by atoms with Crippen molar-refractivity contribution in [2.24, 2.45) is 17.8 Å².